The molecule has 7 heteroatoms. The van der Waals surface area contributed by atoms with Crippen LogP contribution in [0.15, 0.2) is 103 Å². The molecule has 1 aliphatic heterocycles. The lowest BCUT2D eigenvalue weighted by Crippen LogP contribution is -2.26. The third kappa shape index (κ3) is 4.71. The summed E-state index contributed by atoms with van der Waals surface area (Å²) in [6.45, 7) is 0. The van der Waals surface area contributed by atoms with Crippen LogP contribution >= 0.6 is 12.4 Å². The van der Waals surface area contributed by atoms with Gasteiger partial charge >= 0.3 is 0 Å². The maximum Gasteiger partial charge on any atom is 0.241 e. The van der Waals surface area contributed by atoms with Gasteiger partial charge in [-0.15, -0.1) is 12.4 Å². The van der Waals surface area contributed by atoms with E-state index in [4.69, 9.17) is 0 Å². The van der Waals surface area contributed by atoms with Crippen molar-refractivity contribution in [2.75, 3.05) is 10.2 Å². The van der Waals surface area contributed by atoms with E-state index < -0.39 is 0 Å². The van der Waals surface area contributed by atoms with Gasteiger partial charge in [-0.2, -0.15) is 0 Å². The number of hydrogen-bond donors (Lipinski definition) is 1. The van der Waals surface area contributed by atoms with Crippen molar-refractivity contribution in [1.29, 1.82) is 0 Å². The third-order valence-corrected chi connectivity index (χ3v) is 6.56. The number of fused-ring (bicyclic) bond motifs is 3. The second-order valence-corrected chi connectivity index (χ2v) is 8.85. The Morgan fingerprint density at radius 2 is 1.51 bits per heavy atom. The molecule has 0 aliphatic carbocycles. The van der Waals surface area contributed by atoms with Gasteiger partial charge in [0.25, 0.3) is 0 Å². The summed E-state index contributed by atoms with van der Waals surface area (Å²) in [5.41, 5.74) is 4.28. The number of imidazole rings is 1. The molecule has 6 rings (SSSR count). The second kappa shape index (κ2) is 10.3. The third-order valence-electron chi connectivity index (χ3n) is 6.56. The van der Waals surface area contributed by atoms with Gasteiger partial charge in [-0.25, -0.2) is 4.98 Å². The van der Waals surface area contributed by atoms with Gasteiger partial charge in [-0.1, -0.05) is 60.7 Å². The van der Waals surface area contributed by atoms with Gasteiger partial charge in [0.2, 0.25) is 11.8 Å². The number of aromatic nitrogens is 2. The van der Waals surface area contributed by atoms with Gasteiger partial charge in [0, 0.05) is 35.6 Å². The predicted molar refractivity (Wildman–Crippen MR) is 149 cm³/mol. The van der Waals surface area contributed by atoms with E-state index in [1.807, 2.05) is 79.1 Å². The molecule has 0 spiro atoms. The number of hydrogen-bond acceptors (Lipinski definition) is 3. The van der Waals surface area contributed by atoms with Gasteiger partial charge in [0.1, 0.15) is 12.2 Å². The first-order chi connectivity index (χ1) is 17.7. The van der Waals surface area contributed by atoms with Crippen LogP contribution in [0, 0.1) is 0 Å². The summed E-state index contributed by atoms with van der Waals surface area (Å²) >= 11 is 0. The number of amides is 2. The summed E-state index contributed by atoms with van der Waals surface area (Å²) in [6, 6.07) is 29.9. The fraction of sp³-hybridized carbons (Fsp3) is 0.100. The first kappa shape index (κ1) is 24.3. The molecule has 0 saturated carbocycles. The van der Waals surface area contributed by atoms with Crippen LogP contribution in [0.3, 0.4) is 0 Å². The van der Waals surface area contributed by atoms with Crippen LogP contribution in [0.25, 0.3) is 16.5 Å². The molecule has 184 valence electrons. The molecule has 0 unspecified atom stereocenters. The van der Waals surface area contributed by atoms with Crippen molar-refractivity contribution in [3.8, 4) is 5.69 Å². The van der Waals surface area contributed by atoms with Gasteiger partial charge in [0.15, 0.2) is 0 Å². The fourth-order valence-electron chi connectivity index (χ4n) is 4.81. The van der Waals surface area contributed by atoms with Crippen molar-refractivity contribution in [2.45, 2.75) is 19.3 Å². The molecule has 2 heterocycles. The lowest BCUT2D eigenvalue weighted by Gasteiger charge is -2.23. The molecule has 0 atom stereocenters. The summed E-state index contributed by atoms with van der Waals surface area (Å²) in [4.78, 5) is 31.9. The van der Waals surface area contributed by atoms with Gasteiger partial charge in [-0.05, 0) is 47.7 Å². The first-order valence-corrected chi connectivity index (χ1v) is 12.0. The Morgan fingerprint density at radius 3 is 2.32 bits per heavy atom. The van der Waals surface area contributed by atoms with Gasteiger partial charge in [0.05, 0.1) is 11.4 Å². The number of benzene rings is 4. The monoisotopic (exact) mass is 508 g/mol. The molecule has 0 saturated heterocycles. The quantitative estimate of drug-likeness (QED) is 0.286. The highest BCUT2D eigenvalue weighted by atomic mass is 35.5. The Bertz CT molecular complexity index is 1580. The minimum Gasteiger partial charge on any atom is -0.323 e. The summed E-state index contributed by atoms with van der Waals surface area (Å²) in [5.74, 6) is 0.405. The van der Waals surface area contributed by atoms with Crippen LogP contribution in [0.5, 0.6) is 0 Å². The number of nitrogens with zero attached hydrogens (tertiary/aromatic N) is 3. The molecule has 6 nitrogen and oxygen atoms in total. The van der Waals surface area contributed by atoms with E-state index in [2.05, 4.69) is 39.1 Å². The Balaban J connectivity index is 0.00000280. The molecule has 4 aromatic carbocycles. The van der Waals surface area contributed by atoms with E-state index in [1.165, 1.54) is 5.56 Å². The number of halogens is 1. The largest absolute Gasteiger partial charge is 0.323 e. The highest BCUT2D eigenvalue weighted by molar-refractivity contribution is 6.21. The van der Waals surface area contributed by atoms with Gasteiger partial charge < -0.3 is 9.88 Å². The van der Waals surface area contributed by atoms with E-state index in [9.17, 15) is 9.59 Å². The van der Waals surface area contributed by atoms with E-state index in [1.54, 1.807) is 4.90 Å². The smallest absolute Gasteiger partial charge is 0.241 e. The zero-order valence-electron chi connectivity index (χ0n) is 20.0. The number of carbonyl (C=O) groups is 2. The maximum absolute atomic E-state index is 13.2. The number of nitrogens with one attached hydrogen (secondary N) is 1. The molecule has 5 aromatic rings. The molecular weight excluding hydrogens is 484 g/mol. The summed E-state index contributed by atoms with van der Waals surface area (Å²) < 4.78 is 2.07. The summed E-state index contributed by atoms with van der Waals surface area (Å²) in [5, 5.41) is 4.86. The van der Waals surface area contributed by atoms with Crippen LogP contribution in [0.4, 0.5) is 17.1 Å². The van der Waals surface area contributed by atoms with Crippen LogP contribution in [0.2, 0.25) is 0 Å². The summed E-state index contributed by atoms with van der Waals surface area (Å²) in [7, 11) is 0. The molecule has 0 radical (unpaired) electrons. The van der Waals surface area contributed by atoms with E-state index in [0.29, 0.717) is 17.1 Å². The molecule has 2 amide bonds. The first-order valence-electron chi connectivity index (χ1n) is 12.0. The van der Waals surface area contributed by atoms with Crippen molar-refractivity contribution < 1.29 is 9.59 Å². The minimum atomic E-state index is -0.307. The number of carbonyl (C=O) groups excluding carboxylic acids is 2. The topological polar surface area (TPSA) is 67.2 Å². The van der Waals surface area contributed by atoms with E-state index >= 15 is 0 Å². The maximum atomic E-state index is 13.2. The molecule has 1 aliphatic rings. The highest BCUT2D eigenvalue weighted by Crippen LogP contribution is 2.40. The average molecular weight is 509 g/mol. The molecule has 1 N–H and O–H groups in total. The van der Waals surface area contributed by atoms with Crippen molar-refractivity contribution >= 4 is 52.1 Å². The van der Waals surface area contributed by atoms with Crippen molar-refractivity contribution in [3.63, 3.8) is 0 Å². The van der Waals surface area contributed by atoms with Crippen molar-refractivity contribution in [1.82, 2.24) is 9.55 Å². The lowest BCUT2D eigenvalue weighted by molar-refractivity contribution is -0.124. The standard InChI is InChI=1S/C30H24N4O2.ClH/c35-28-20-29(36)34(26-16-11-22-8-4-5-9-25(22)30(26)32-28)24-14-12-23(13-15-24)33-19-18-31-27(33)17-10-21-6-2-1-3-7-21;/h1-9,11-16,18-19H,10,17,20H2,(H,32,35);1H. The minimum absolute atomic E-state index is 0. The van der Waals surface area contributed by atoms with Crippen molar-refractivity contribution in [3.05, 3.63) is 115 Å². The van der Waals surface area contributed by atoms with Crippen LogP contribution < -0.4 is 10.2 Å². The second-order valence-electron chi connectivity index (χ2n) is 8.85. The SMILES string of the molecule is Cl.O=C1CC(=O)N(c2ccc(-n3ccnc3CCc3ccccc3)cc2)c2ccc3ccccc3c2N1. The predicted octanol–water partition coefficient (Wildman–Crippen LogP) is 6.24. The van der Waals surface area contributed by atoms with E-state index in [0.717, 1.165) is 35.1 Å². The Morgan fingerprint density at radius 1 is 0.784 bits per heavy atom. The summed E-state index contributed by atoms with van der Waals surface area (Å²) in [6.07, 6.45) is 5.28. The molecular formula is C30H25ClN4O2. The number of aryl methyl sites for hydroxylation is 2. The van der Waals surface area contributed by atoms with Crippen molar-refractivity contribution in [2.24, 2.45) is 0 Å². The zero-order valence-corrected chi connectivity index (χ0v) is 20.8. The Labute approximate surface area is 221 Å². The molecule has 0 bridgehead atoms. The molecule has 37 heavy (non-hydrogen) atoms. The lowest BCUT2D eigenvalue weighted by atomic mass is 10.1. The fourth-order valence-corrected chi connectivity index (χ4v) is 4.81. The van der Waals surface area contributed by atoms with Crippen LogP contribution in [-0.2, 0) is 22.4 Å². The Hall–Kier alpha value is -4.42. The normalized spacial score (nSPS) is 13.0. The van der Waals surface area contributed by atoms with Crippen LogP contribution in [0.1, 0.15) is 17.8 Å². The van der Waals surface area contributed by atoms with Crippen LogP contribution in [-0.4, -0.2) is 21.4 Å². The number of rotatable bonds is 5. The van der Waals surface area contributed by atoms with E-state index in [-0.39, 0.29) is 30.6 Å². The zero-order chi connectivity index (χ0) is 24.5. The Kier molecular flexibility index (Phi) is 6.75. The molecule has 1 aromatic heterocycles. The van der Waals surface area contributed by atoms with Gasteiger partial charge in [-0.3, -0.25) is 14.5 Å². The molecule has 0 fully saturated rings. The number of anilines is 3. The highest BCUT2D eigenvalue weighted by Gasteiger charge is 2.28. The average Bonchev–Trinajstić information content (AvgIpc) is 3.33.